The van der Waals surface area contributed by atoms with Crippen LogP contribution >= 0.6 is 0 Å². The van der Waals surface area contributed by atoms with Crippen molar-refractivity contribution in [1.29, 1.82) is 0 Å². The van der Waals surface area contributed by atoms with Gasteiger partial charge in [-0.2, -0.15) is 5.01 Å². The molecule has 1 aromatic rings. The third-order valence-electron chi connectivity index (χ3n) is 6.99. The van der Waals surface area contributed by atoms with E-state index in [0.29, 0.717) is 18.8 Å². The molecule has 174 valence electrons. The highest BCUT2D eigenvalue weighted by molar-refractivity contribution is 6.08. The fraction of sp³-hybridized carbons (Fsp3) is 0.625. The molecule has 3 aliphatic rings. The summed E-state index contributed by atoms with van der Waals surface area (Å²) >= 11 is 0. The molecule has 0 aromatic heterocycles. The number of nitrogens with zero attached hydrogens (tertiary/aromatic N) is 3. The minimum absolute atomic E-state index is 0.182. The van der Waals surface area contributed by atoms with Gasteiger partial charge in [0, 0.05) is 32.7 Å². The van der Waals surface area contributed by atoms with E-state index in [9.17, 15) is 14.4 Å². The molecule has 0 bridgehead atoms. The maximum absolute atomic E-state index is 12.8. The molecule has 1 spiro atoms. The van der Waals surface area contributed by atoms with Crippen LogP contribution in [0.25, 0.3) is 0 Å². The lowest BCUT2D eigenvalue weighted by Crippen LogP contribution is -2.54. The van der Waals surface area contributed by atoms with Gasteiger partial charge in [-0.1, -0.05) is 57.4 Å². The molecule has 2 saturated heterocycles. The van der Waals surface area contributed by atoms with Crippen LogP contribution in [0.4, 0.5) is 4.79 Å². The first kappa shape index (κ1) is 22.7. The number of urea groups is 1. The van der Waals surface area contributed by atoms with Crippen molar-refractivity contribution in [3.8, 4) is 0 Å². The Morgan fingerprint density at radius 2 is 1.62 bits per heavy atom. The fourth-order valence-corrected chi connectivity index (χ4v) is 4.95. The maximum Gasteiger partial charge on any atom is 0.344 e. The van der Waals surface area contributed by atoms with Crippen molar-refractivity contribution < 1.29 is 14.4 Å². The second-order valence-electron chi connectivity index (χ2n) is 9.70. The van der Waals surface area contributed by atoms with E-state index in [1.54, 1.807) is 0 Å². The average molecular weight is 442 g/mol. The number of amides is 4. The molecule has 1 aliphatic carbocycles. The lowest BCUT2D eigenvalue weighted by molar-refractivity contribution is -0.140. The zero-order valence-corrected chi connectivity index (χ0v) is 19.2. The van der Waals surface area contributed by atoms with Crippen molar-refractivity contribution in [2.45, 2.75) is 64.0 Å². The second-order valence-corrected chi connectivity index (χ2v) is 9.70. The van der Waals surface area contributed by atoms with Crippen molar-refractivity contribution in [2.75, 3.05) is 32.7 Å². The molecule has 8 heteroatoms. The van der Waals surface area contributed by atoms with E-state index in [1.807, 2.05) is 0 Å². The highest BCUT2D eigenvalue weighted by Gasteiger charge is 2.52. The third kappa shape index (κ3) is 4.96. The van der Waals surface area contributed by atoms with Gasteiger partial charge in [0.2, 0.25) is 0 Å². The van der Waals surface area contributed by atoms with E-state index in [0.717, 1.165) is 57.0 Å². The van der Waals surface area contributed by atoms with Gasteiger partial charge in [0.1, 0.15) is 5.54 Å². The van der Waals surface area contributed by atoms with Crippen LogP contribution in [-0.2, 0) is 16.1 Å². The first-order chi connectivity index (χ1) is 15.4. The number of hydrazine groups is 1. The molecule has 4 amide bonds. The molecule has 8 nitrogen and oxygen atoms in total. The summed E-state index contributed by atoms with van der Waals surface area (Å²) in [6, 6.07) is 8.29. The van der Waals surface area contributed by atoms with E-state index >= 15 is 0 Å². The number of imide groups is 1. The van der Waals surface area contributed by atoms with Crippen LogP contribution in [-0.4, -0.2) is 70.9 Å². The second kappa shape index (κ2) is 9.58. The highest BCUT2D eigenvalue weighted by Crippen LogP contribution is 2.33. The van der Waals surface area contributed by atoms with E-state index in [1.165, 1.54) is 11.1 Å². The Morgan fingerprint density at radius 3 is 2.25 bits per heavy atom. The van der Waals surface area contributed by atoms with Crippen LogP contribution in [0.3, 0.4) is 0 Å². The molecule has 1 saturated carbocycles. The summed E-state index contributed by atoms with van der Waals surface area (Å²) in [4.78, 5) is 42.1. The zero-order chi connectivity index (χ0) is 22.7. The molecule has 1 aromatic carbocycles. The standard InChI is InChI=1S/C24H35N5O3/c1-18(2)20-8-6-19(7-9-20)16-27-12-14-28(15-13-27)17-21(30)26-29-22(31)24(25-23(29)32)10-4-3-5-11-24/h6-9,18H,3-5,10-17H2,1-2H3,(H,25,32)(H,26,30). The molecule has 0 unspecified atom stereocenters. The number of nitrogens with one attached hydrogen (secondary N) is 2. The van der Waals surface area contributed by atoms with E-state index in [-0.39, 0.29) is 18.4 Å². The van der Waals surface area contributed by atoms with Gasteiger partial charge in [0.15, 0.2) is 0 Å². The number of hydrogen-bond acceptors (Lipinski definition) is 5. The van der Waals surface area contributed by atoms with Gasteiger partial charge in [-0.05, 0) is 29.9 Å². The van der Waals surface area contributed by atoms with E-state index in [4.69, 9.17) is 0 Å². The van der Waals surface area contributed by atoms with Gasteiger partial charge >= 0.3 is 6.03 Å². The van der Waals surface area contributed by atoms with Gasteiger partial charge in [-0.15, -0.1) is 0 Å². The van der Waals surface area contributed by atoms with Crippen LogP contribution in [0.1, 0.15) is 63.0 Å². The molecule has 2 N–H and O–H groups in total. The SMILES string of the molecule is CC(C)c1ccc(CN2CCN(CC(=O)NN3C(=O)NC4(CCCCC4)C3=O)CC2)cc1. The molecule has 32 heavy (non-hydrogen) atoms. The summed E-state index contributed by atoms with van der Waals surface area (Å²) < 4.78 is 0. The van der Waals surface area contributed by atoms with Crippen molar-refractivity contribution in [3.63, 3.8) is 0 Å². The number of carbonyl (C=O) groups is 3. The van der Waals surface area contributed by atoms with Crippen LogP contribution < -0.4 is 10.7 Å². The first-order valence-electron chi connectivity index (χ1n) is 11.9. The molecule has 2 heterocycles. The average Bonchev–Trinajstić information content (AvgIpc) is 3.00. The summed E-state index contributed by atoms with van der Waals surface area (Å²) in [5.74, 6) is -0.100. The number of hydrogen-bond donors (Lipinski definition) is 2. The summed E-state index contributed by atoms with van der Waals surface area (Å²) in [5, 5.41) is 3.71. The topological polar surface area (TPSA) is 85.0 Å². The number of benzene rings is 1. The smallest absolute Gasteiger partial charge is 0.322 e. The number of rotatable bonds is 6. The van der Waals surface area contributed by atoms with E-state index in [2.05, 4.69) is 58.7 Å². The molecule has 4 rings (SSSR count). The largest absolute Gasteiger partial charge is 0.344 e. The Labute approximate surface area is 190 Å². The Morgan fingerprint density at radius 1 is 1.00 bits per heavy atom. The maximum atomic E-state index is 12.8. The minimum Gasteiger partial charge on any atom is -0.322 e. The Bertz CT molecular complexity index is 840. The predicted octanol–water partition coefficient (Wildman–Crippen LogP) is 2.21. The molecule has 0 atom stereocenters. The Kier molecular flexibility index (Phi) is 6.81. The molecule has 2 aliphatic heterocycles. The lowest BCUT2D eigenvalue weighted by Gasteiger charge is -2.34. The summed E-state index contributed by atoms with van der Waals surface area (Å²) in [6.07, 6.45) is 4.20. The summed E-state index contributed by atoms with van der Waals surface area (Å²) in [5.41, 5.74) is 4.38. The predicted molar refractivity (Wildman–Crippen MR) is 122 cm³/mol. The van der Waals surface area contributed by atoms with Gasteiger partial charge in [0.05, 0.1) is 6.54 Å². The minimum atomic E-state index is -0.818. The van der Waals surface area contributed by atoms with E-state index < -0.39 is 11.6 Å². The molecular weight excluding hydrogens is 406 g/mol. The number of piperazine rings is 1. The monoisotopic (exact) mass is 441 g/mol. The first-order valence-corrected chi connectivity index (χ1v) is 11.9. The van der Waals surface area contributed by atoms with Crippen LogP contribution in [0.5, 0.6) is 0 Å². The normalized spacial score (nSPS) is 21.9. The van der Waals surface area contributed by atoms with Gasteiger partial charge < -0.3 is 5.32 Å². The van der Waals surface area contributed by atoms with Gasteiger partial charge in [-0.3, -0.25) is 24.8 Å². The summed E-state index contributed by atoms with van der Waals surface area (Å²) in [6.45, 7) is 8.80. The van der Waals surface area contributed by atoms with Gasteiger partial charge in [0.25, 0.3) is 11.8 Å². The third-order valence-corrected chi connectivity index (χ3v) is 6.99. The Balaban J connectivity index is 1.22. The molecular formula is C24H35N5O3. The van der Waals surface area contributed by atoms with Crippen molar-refractivity contribution in [3.05, 3.63) is 35.4 Å². The van der Waals surface area contributed by atoms with Crippen LogP contribution in [0.2, 0.25) is 0 Å². The zero-order valence-electron chi connectivity index (χ0n) is 19.2. The van der Waals surface area contributed by atoms with Gasteiger partial charge in [-0.25, -0.2) is 4.79 Å². The lowest BCUT2D eigenvalue weighted by atomic mass is 9.82. The molecule has 3 fully saturated rings. The van der Waals surface area contributed by atoms with Crippen LogP contribution in [0, 0.1) is 0 Å². The van der Waals surface area contributed by atoms with Crippen LogP contribution in [0.15, 0.2) is 24.3 Å². The number of carbonyl (C=O) groups excluding carboxylic acids is 3. The summed E-state index contributed by atoms with van der Waals surface area (Å²) in [7, 11) is 0. The highest BCUT2D eigenvalue weighted by atomic mass is 16.2. The van der Waals surface area contributed by atoms with Crippen molar-refractivity contribution in [1.82, 2.24) is 25.6 Å². The van der Waals surface area contributed by atoms with Crippen molar-refractivity contribution in [2.24, 2.45) is 0 Å². The fourth-order valence-electron chi connectivity index (χ4n) is 4.95. The Hall–Kier alpha value is -2.45. The quantitative estimate of drug-likeness (QED) is 0.662. The molecule has 0 radical (unpaired) electrons. The van der Waals surface area contributed by atoms with Crippen molar-refractivity contribution >= 4 is 17.8 Å².